The van der Waals surface area contributed by atoms with Crippen molar-refractivity contribution in [1.29, 1.82) is 0 Å². The first kappa shape index (κ1) is 9.86. The van der Waals surface area contributed by atoms with E-state index in [1.807, 2.05) is 0 Å². The summed E-state index contributed by atoms with van der Waals surface area (Å²) in [6.45, 7) is 0. The topological polar surface area (TPSA) is 12.0 Å². The Bertz CT molecular complexity index is 346. The van der Waals surface area contributed by atoms with Crippen LogP contribution in [0.5, 0.6) is 0 Å². The van der Waals surface area contributed by atoms with E-state index in [1.54, 1.807) is 0 Å². The second-order valence-electron chi connectivity index (χ2n) is 4.78. The van der Waals surface area contributed by atoms with E-state index in [2.05, 4.69) is 45.5 Å². The summed E-state index contributed by atoms with van der Waals surface area (Å²) in [7, 11) is 0. The van der Waals surface area contributed by atoms with Gasteiger partial charge in [-0.05, 0) is 49.3 Å². The molecule has 0 saturated carbocycles. The molecule has 0 aromatic heterocycles. The average molecular weight is 266 g/mol. The molecule has 2 aliphatic heterocycles. The van der Waals surface area contributed by atoms with Crippen molar-refractivity contribution >= 4 is 15.9 Å². The lowest BCUT2D eigenvalue weighted by atomic mass is 9.86. The van der Waals surface area contributed by atoms with E-state index in [1.165, 1.54) is 35.7 Å². The van der Waals surface area contributed by atoms with Gasteiger partial charge in [-0.3, -0.25) is 0 Å². The van der Waals surface area contributed by atoms with Gasteiger partial charge >= 0.3 is 0 Å². The van der Waals surface area contributed by atoms with Crippen LogP contribution in [0.3, 0.4) is 0 Å². The Morgan fingerprint density at radius 3 is 2.53 bits per heavy atom. The second-order valence-corrected chi connectivity index (χ2v) is 5.70. The van der Waals surface area contributed by atoms with Crippen LogP contribution in [0.2, 0.25) is 0 Å². The molecular weight excluding hydrogens is 250 g/mol. The third kappa shape index (κ3) is 1.85. The number of fused-ring (bicyclic) bond motifs is 2. The molecule has 1 aromatic rings. The predicted molar refractivity (Wildman–Crippen MR) is 66.1 cm³/mol. The Morgan fingerprint density at radius 1 is 1.00 bits per heavy atom. The van der Waals surface area contributed by atoms with Gasteiger partial charge in [0.15, 0.2) is 0 Å². The Labute approximate surface area is 99.4 Å². The standard InChI is InChI=1S/C13H16BrN/c14-10-3-1-9(2-4-10)12-7-5-11-6-8-13(12)15-11/h1-4,11-13,15H,5-8H2. The molecule has 0 spiro atoms. The highest BCUT2D eigenvalue weighted by Gasteiger charge is 2.35. The van der Waals surface area contributed by atoms with Crippen LogP contribution in [0.15, 0.2) is 28.7 Å². The van der Waals surface area contributed by atoms with Gasteiger partial charge in [-0.1, -0.05) is 28.1 Å². The van der Waals surface area contributed by atoms with E-state index in [0.717, 1.165) is 18.0 Å². The van der Waals surface area contributed by atoms with Gasteiger partial charge in [-0.25, -0.2) is 0 Å². The fourth-order valence-electron chi connectivity index (χ4n) is 3.09. The summed E-state index contributed by atoms with van der Waals surface area (Å²) in [6.07, 6.45) is 5.48. The van der Waals surface area contributed by atoms with Crippen LogP contribution in [0.1, 0.15) is 37.2 Å². The van der Waals surface area contributed by atoms with Crippen molar-refractivity contribution in [2.45, 2.75) is 43.7 Å². The predicted octanol–water partition coefficient (Wildman–Crippen LogP) is 3.45. The van der Waals surface area contributed by atoms with Crippen LogP contribution in [0.4, 0.5) is 0 Å². The lowest BCUT2D eigenvalue weighted by Crippen LogP contribution is -2.38. The van der Waals surface area contributed by atoms with Crippen molar-refractivity contribution in [1.82, 2.24) is 5.32 Å². The third-order valence-corrected chi connectivity index (χ3v) is 4.41. The first-order valence-corrected chi connectivity index (χ1v) is 6.64. The van der Waals surface area contributed by atoms with Gasteiger partial charge in [0.1, 0.15) is 0 Å². The number of hydrogen-bond donors (Lipinski definition) is 1. The van der Waals surface area contributed by atoms with Gasteiger partial charge in [0.25, 0.3) is 0 Å². The summed E-state index contributed by atoms with van der Waals surface area (Å²) >= 11 is 3.49. The zero-order valence-corrected chi connectivity index (χ0v) is 10.3. The highest BCUT2D eigenvalue weighted by molar-refractivity contribution is 9.10. The number of rotatable bonds is 1. The molecule has 2 heterocycles. The van der Waals surface area contributed by atoms with Gasteiger partial charge in [0.2, 0.25) is 0 Å². The maximum Gasteiger partial charge on any atom is 0.0175 e. The van der Waals surface area contributed by atoms with E-state index in [0.29, 0.717) is 0 Å². The molecule has 3 unspecified atom stereocenters. The van der Waals surface area contributed by atoms with Crippen molar-refractivity contribution in [3.05, 3.63) is 34.3 Å². The average Bonchev–Trinajstić information content (AvgIpc) is 2.63. The van der Waals surface area contributed by atoms with Crippen LogP contribution in [0.25, 0.3) is 0 Å². The fraction of sp³-hybridized carbons (Fsp3) is 0.538. The lowest BCUT2D eigenvalue weighted by molar-refractivity contribution is 0.359. The minimum absolute atomic E-state index is 0.741. The van der Waals surface area contributed by atoms with Gasteiger partial charge in [-0.2, -0.15) is 0 Å². The van der Waals surface area contributed by atoms with Crippen LogP contribution >= 0.6 is 15.9 Å². The summed E-state index contributed by atoms with van der Waals surface area (Å²) in [5.74, 6) is 0.747. The van der Waals surface area contributed by atoms with Gasteiger partial charge in [0, 0.05) is 16.6 Å². The highest BCUT2D eigenvalue weighted by Crippen LogP contribution is 2.37. The van der Waals surface area contributed by atoms with Crippen molar-refractivity contribution in [2.75, 3.05) is 0 Å². The highest BCUT2D eigenvalue weighted by atomic mass is 79.9. The third-order valence-electron chi connectivity index (χ3n) is 3.89. The van der Waals surface area contributed by atoms with Crippen molar-refractivity contribution in [3.63, 3.8) is 0 Å². The van der Waals surface area contributed by atoms with Crippen molar-refractivity contribution < 1.29 is 0 Å². The number of nitrogens with one attached hydrogen (secondary N) is 1. The van der Waals surface area contributed by atoms with Crippen molar-refractivity contribution in [2.24, 2.45) is 0 Å². The van der Waals surface area contributed by atoms with Crippen molar-refractivity contribution in [3.8, 4) is 0 Å². The summed E-state index contributed by atoms with van der Waals surface area (Å²) in [6, 6.07) is 10.4. The molecule has 2 fully saturated rings. The van der Waals surface area contributed by atoms with Crippen LogP contribution in [-0.2, 0) is 0 Å². The van der Waals surface area contributed by atoms with Crippen LogP contribution < -0.4 is 5.32 Å². The number of halogens is 1. The quantitative estimate of drug-likeness (QED) is 0.821. The summed E-state index contributed by atoms with van der Waals surface area (Å²) < 4.78 is 1.18. The fourth-order valence-corrected chi connectivity index (χ4v) is 3.35. The molecule has 15 heavy (non-hydrogen) atoms. The molecular formula is C13H16BrN. The smallest absolute Gasteiger partial charge is 0.0175 e. The van der Waals surface area contributed by atoms with E-state index in [9.17, 15) is 0 Å². The van der Waals surface area contributed by atoms with Gasteiger partial charge in [0.05, 0.1) is 0 Å². The maximum absolute atomic E-state index is 3.74. The second kappa shape index (κ2) is 3.91. The largest absolute Gasteiger partial charge is 0.311 e. The first-order valence-electron chi connectivity index (χ1n) is 5.84. The minimum Gasteiger partial charge on any atom is -0.311 e. The molecule has 2 bridgehead atoms. The SMILES string of the molecule is Brc1ccc(C2CCC3CCC2N3)cc1. The molecule has 2 saturated heterocycles. The van der Waals surface area contributed by atoms with E-state index in [-0.39, 0.29) is 0 Å². The number of piperidine rings is 1. The zero-order chi connectivity index (χ0) is 10.3. The molecule has 1 nitrogen and oxygen atoms in total. The summed E-state index contributed by atoms with van der Waals surface area (Å²) in [5, 5.41) is 3.74. The van der Waals surface area contributed by atoms with E-state index >= 15 is 0 Å². The normalized spacial score (nSPS) is 34.3. The Hall–Kier alpha value is -0.340. The molecule has 3 rings (SSSR count). The number of benzene rings is 1. The zero-order valence-electron chi connectivity index (χ0n) is 8.75. The van der Waals surface area contributed by atoms with E-state index in [4.69, 9.17) is 0 Å². The summed E-state index contributed by atoms with van der Waals surface area (Å²) in [5.41, 5.74) is 1.51. The van der Waals surface area contributed by atoms with Crippen LogP contribution in [0, 0.1) is 0 Å². The van der Waals surface area contributed by atoms with E-state index < -0.39 is 0 Å². The minimum atomic E-state index is 0.741. The van der Waals surface area contributed by atoms with Gasteiger partial charge < -0.3 is 5.32 Å². The molecule has 80 valence electrons. The first-order chi connectivity index (χ1) is 7.33. The molecule has 1 aromatic carbocycles. The number of hydrogen-bond acceptors (Lipinski definition) is 1. The molecule has 0 amide bonds. The molecule has 2 heteroatoms. The van der Waals surface area contributed by atoms with Gasteiger partial charge in [-0.15, -0.1) is 0 Å². The molecule has 2 aliphatic rings. The molecule has 0 radical (unpaired) electrons. The Morgan fingerprint density at radius 2 is 1.73 bits per heavy atom. The Balaban J connectivity index is 1.84. The monoisotopic (exact) mass is 265 g/mol. The molecule has 0 aliphatic carbocycles. The molecule has 3 atom stereocenters. The van der Waals surface area contributed by atoms with Crippen LogP contribution in [-0.4, -0.2) is 12.1 Å². The Kier molecular flexibility index (Phi) is 2.57. The summed E-state index contributed by atoms with van der Waals surface area (Å²) in [4.78, 5) is 0. The lowest BCUT2D eigenvalue weighted by Gasteiger charge is -2.30. The molecule has 1 N–H and O–H groups in total. The maximum atomic E-state index is 3.74.